The maximum atomic E-state index is 8.82. The van der Waals surface area contributed by atoms with Crippen molar-refractivity contribution in [2.45, 2.75) is 6.61 Å². The fourth-order valence-electron chi connectivity index (χ4n) is 0.837. The molecule has 1 aromatic carbocycles. The van der Waals surface area contributed by atoms with Crippen LogP contribution in [-0.2, 0) is 6.61 Å². The fraction of sp³-hybridized carbons (Fsp3) is 0.143. The van der Waals surface area contributed by atoms with Crippen molar-refractivity contribution in [3.05, 3.63) is 28.2 Å². The lowest BCUT2D eigenvalue weighted by molar-refractivity contribution is 0.282. The summed E-state index contributed by atoms with van der Waals surface area (Å²) in [5.74, 6) is 0. The molecular formula is C7H7BBrO2. The first-order valence-corrected chi connectivity index (χ1v) is 3.94. The Labute approximate surface area is 74.3 Å². The normalized spacial score (nSPS) is 9.73. The second-order valence-electron chi connectivity index (χ2n) is 2.13. The number of aliphatic hydroxyl groups is 1. The van der Waals surface area contributed by atoms with Crippen molar-refractivity contribution in [1.29, 1.82) is 0 Å². The van der Waals surface area contributed by atoms with Crippen LogP contribution in [0.15, 0.2) is 22.7 Å². The molecule has 0 aromatic heterocycles. The molecular weight excluding hydrogens is 207 g/mol. The van der Waals surface area contributed by atoms with Gasteiger partial charge in [0.1, 0.15) is 0 Å². The van der Waals surface area contributed by atoms with Gasteiger partial charge in [-0.2, -0.15) is 0 Å². The molecule has 57 valence electrons. The molecule has 2 N–H and O–H groups in total. The number of hydrogen-bond donors (Lipinski definition) is 2. The predicted octanol–water partition coefficient (Wildman–Crippen LogP) is 0.178. The van der Waals surface area contributed by atoms with Gasteiger partial charge in [0, 0.05) is 4.47 Å². The zero-order chi connectivity index (χ0) is 8.27. The van der Waals surface area contributed by atoms with Gasteiger partial charge in [-0.3, -0.25) is 0 Å². The largest absolute Gasteiger partial charge is 0.450 e. The van der Waals surface area contributed by atoms with Gasteiger partial charge in [-0.25, -0.2) is 0 Å². The molecule has 0 spiro atoms. The molecule has 0 bridgehead atoms. The highest BCUT2D eigenvalue weighted by Gasteiger charge is 2.01. The maximum Gasteiger partial charge on any atom is 0.327 e. The Morgan fingerprint density at radius 2 is 2.18 bits per heavy atom. The molecule has 0 fully saturated rings. The molecule has 0 saturated carbocycles. The topological polar surface area (TPSA) is 40.5 Å². The van der Waals surface area contributed by atoms with Crippen LogP contribution in [0.5, 0.6) is 0 Å². The molecule has 0 atom stereocenters. The van der Waals surface area contributed by atoms with Crippen LogP contribution in [0, 0.1) is 0 Å². The van der Waals surface area contributed by atoms with Gasteiger partial charge in [-0.1, -0.05) is 22.0 Å². The van der Waals surface area contributed by atoms with Gasteiger partial charge in [0.15, 0.2) is 0 Å². The van der Waals surface area contributed by atoms with E-state index in [1.165, 1.54) is 0 Å². The van der Waals surface area contributed by atoms with Crippen molar-refractivity contribution in [3.63, 3.8) is 0 Å². The third-order valence-corrected chi connectivity index (χ3v) is 1.91. The van der Waals surface area contributed by atoms with Crippen LogP contribution in [0.2, 0.25) is 0 Å². The molecule has 0 unspecified atom stereocenters. The number of rotatable bonds is 2. The molecule has 0 aliphatic carbocycles. The average molecular weight is 214 g/mol. The van der Waals surface area contributed by atoms with E-state index in [9.17, 15) is 0 Å². The van der Waals surface area contributed by atoms with Crippen molar-refractivity contribution >= 4 is 28.9 Å². The van der Waals surface area contributed by atoms with Crippen LogP contribution in [0.1, 0.15) is 5.56 Å². The van der Waals surface area contributed by atoms with Crippen LogP contribution in [0.25, 0.3) is 0 Å². The molecule has 0 aliphatic rings. The summed E-state index contributed by atoms with van der Waals surface area (Å²) in [5, 5.41) is 17.5. The second-order valence-corrected chi connectivity index (χ2v) is 3.05. The summed E-state index contributed by atoms with van der Waals surface area (Å²) in [6.07, 6.45) is 0. The van der Waals surface area contributed by atoms with Gasteiger partial charge in [0.25, 0.3) is 0 Å². The van der Waals surface area contributed by atoms with Crippen LogP contribution in [0.3, 0.4) is 0 Å². The molecule has 2 nitrogen and oxygen atoms in total. The van der Waals surface area contributed by atoms with E-state index in [-0.39, 0.29) is 6.61 Å². The average Bonchev–Trinajstić information content (AvgIpc) is 2.04. The van der Waals surface area contributed by atoms with E-state index in [4.69, 9.17) is 10.1 Å². The van der Waals surface area contributed by atoms with Crippen LogP contribution < -0.4 is 5.46 Å². The summed E-state index contributed by atoms with van der Waals surface area (Å²) in [6.45, 7) is -0.0637. The zero-order valence-corrected chi connectivity index (χ0v) is 7.37. The summed E-state index contributed by atoms with van der Waals surface area (Å²) in [6, 6.07) is 5.30. The van der Waals surface area contributed by atoms with Gasteiger partial charge in [0.2, 0.25) is 0 Å². The third-order valence-electron chi connectivity index (χ3n) is 1.41. The summed E-state index contributed by atoms with van der Waals surface area (Å²) in [5.41, 5.74) is 1.36. The zero-order valence-electron chi connectivity index (χ0n) is 5.79. The minimum Gasteiger partial charge on any atom is -0.450 e. The predicted molar refractivity (Wildman–Crippen MR) is 47.7 cm³/mol. The van der Waals surface area contributed by atoms with E-state index in [2.05, 4.69) is 15.9 Å². The van der Waals surface area contributed by atoms with Crippen molar-refractivity contribution in [2.75, 3.05) is 0 Å². The van der Waals surface area contributed by atoms with Crippen LogP contribution in [0.4, 0.5) is 0 Å². The van der Waals surface area contributed by atoms with Gasteiger partial charge in [-0.05, 0) is 23.2 Å². The summed E-state index contributed by atoms with van der Waals surface area (Å²) < 4.78 is 0.896. The van der Waals surface area contributed by atoms with Gasteiger partial charge < -0.3 is 10.1 Å². The van der Waals surface area contributed by atoms with Gasteiger partial charge in [-0.15, -0.1) is 0 Å². The highest BCUT2D eigenvalue weighted by molar-refractivity contribution is 9.10. The van der Waals surface area contributed by atoms with Gasteiger partial charge >= 0.3 is 7.48 Å². The Balaban J connectivity index is 3.06. The summed E-state index contributed by atoms with van der Waals surface area (Å²) >= 11 is 3.26. The van der Waals surface area contributed by atoms with E-state index in [0.717, 1.165) is 12.0 Å². The lowest BCUT2D eigenvalue weighted by Crippen LogP contribution is -2.18. The fourth-order valence-corrected chi connectivity index (χ4v) is 1.25. The van der Waals surface area contributed by atoms with E-state index < -0.39 is 0 Å². The number of hydrogen-bond acceptors (Lipinski definition) is 2. The Morgan fingerprint density at radius 1 is 1.45 bits per heavy atom. The molecule has 4 heteroatoms. The second kappa shape index (κ2) is 3.90. The highest BCUT2D eigenvalue weighted by atomic mass is 79.9. The molecule has 11 heavy (non-hydrogen) atoms. The SMILES string of the molecule is O[B]c1ccc(Br)cc1CO. The lowest BCUT2D eigenvalue weighted by atomic mass is 9.85. The van der Waals surface area contributed by atoms with E-state index >= 15 is 0 Å². The standard InChI is InChI=1S/C7H7BBrO2/c9-6-1-2-7(8-11)5(3-6)4-10/h1-3,10-11H,4H2. The van der Waals surface area contributed by atoms with Gasteiger partial charge in [0.05, 0.1) is 6.61 Å². The quantitative estimate of drug-likeness (QED) is 0.689. The summed E-state index contributed by atoms with van der Waals surface area (Å²) in [7, 11) is 0.984. The first-order valence-electron chi connectivity index (χ1n) is 3.14. The molecule has 0 saturated heterocycles. The number of halogens is 1. The molecule has 0 amide bonds. The Kier molecular flexibility index (Phi) is 3.11. The number of aliphatic hydroxyl groups excluding tert-OH is 1. The minimum atomic E-state index is -0.0637. The van der Waals surface area contributed by atoms with Crippen LogP contribution in [-0.4, -0.2) is 17.6 Å². The van der Waals surface area contributed by atoms with Crippen molar-refractivity contribution in [2.24, 2.45) is 0 Å². The monoisotopic (exact) mass is 213 g/mol. The Morgan fingerprint density at radius 3 is 2.73 bits per heavy atom. The smallest absolute Gasteiger partial charge is 0.327 e. The van der Waals surface area contributed by atoms with E-state index in [1.807, 2.05) is 0 Å². The molecule has 1 radical (unpaired) electrons. The highest BCUT2D eigenvalue weighted by Crippen LogP contribution is 2.09. The van der Waals surface area contributed by atoms with E-state index in [0.29, 0.717) is 11.0 Å². The Hall–Kier alpha value is -0.315. The third kappa shape index (κ3) is 2.05. The molecule has 1 rings (SSSR count). The van der Waals surface area contributed by atoms with E-state index in [1.54, 1.807) is 18.2 Å². The molecule has 1 aromatic rings. The molecule has 0 heterocycles. The molecule has 0 aliphatic heterocycles. The van der Waals surface area contributed by atoms with Crippen molar-refractivity contribution in [3.8, 4) is 0 Å². The summed E-state index contributed by atoms with van der Waals surface area (Å²) in [4.78, 5) is 0. The first-order chi connectivity index (χ1) is 5.27. The number of benzene rings is 1. The van der Waals surface area contributed by atoms with Crippen LogP contribution >= 0.6 is 15.9 Å². The van der Waals surface area contributed by atoms with Crippen molar-refractivity contribution < 1.29 is 10.1 Å². The lowest BCUT2D eigenvalue weighted by Gasteiger charge is -2.02. The minimum absolute atomic E-state index is 0.0637. The Bertz CT molecular complexity index is 252. The first kappa shape index (κ1) is 8.78. The van der Waals surface area contributed by atoms with Crippen molar-refractivity contribution in [1.82, 2.24) is 0 Å². The maximum absolute atomic E-state index is 8.82.